The smallest absolute Gasteiger partial charge is 0.323 e. The van der Waals surface area contributed by atoms with Gasteiger partial charge in [0.25, 0.3) is 0 Å². The molecule has 0 bridgehead atoms. The number of aromatic nitrogens is 1. The summed E-state index contributed by atoms with van der Waals surface area (Å²) in [6.45, 7) is 3.25. The van der Waals surface area contributed by atoms with E-state index in [0.29, 0.717) is 11.3 Å². The number of carbonyl (C=O) groups excluding carboxylic acids is 1. The number of carbonyl (C=O) groups is 2. The minimum Gasteiger partial charge on any atom is -0.480 e. The first kappa shape index (κ1) is 14.0. The molecule has 0 atom stereocenters. The zero-order valence-electron chi connectivity index (χ0n) is 11.4. The topological polar surface area (TPSA) is 83.6 Å². The molecule has 0 saturated heterocycles. The molecule has 1 heterocycles. The van der Waals surface area contributed by atoms with Crippen LogP contribution < -0.4 is 0 Å². The molecule has 0 fully saturated rings. The molecule has 1 N–H and O–H groups in total. The second-order valence-corrected chi connectivity index (χ2v) is 4.81. The summed E-state index contributed by atoms with van der Waals surface area (Å²) in [4.78, 5) is 24.3. The van der Waals surface area contributed by atoms with E-state index in [9.17, 15) is 9.59 Å². The van der Waals surface area contributed by atoms with Crippen molar-refractivity contribution >= 4 is 22.8 Å². The van der Waals surface area contributed by atoms with E-state index in [4.69, 9.17) is 9.63 Å². The van der Waals surface area contributed by atoms with Crippen LogP contribution in [0.3, 0.4) is 0 Å². The number of nitrogens with zero attached hydrogens (tertiary/aromatic N) is 2. The number of fused-ring (bicyclic) bond motifs is 1. The summed E-state index contributed by atoms with van der Waals surface area (Å²) in [5, 5.41) is 13.5. The molecule has 106 valence electrons. The molecule has 0 saturated carbocycles. The summed E-state index contributed by atoms with van der Waals surface area (Å²) < 4.78 is 5.13. The first-order chi connectivity index (χ1) is 9.49. The summed E-state index contributed by atoms with van der Waals surface area (Å²) in [6, 6.07) is 7.07. The summed E-state index contributed by atoms with van der Waals surface area (Å²) in [5.41, 5.74) is 1.14. The predicted molar refractivity (Wildman–Crippen MR) is 72.2 cm³/mol. The molecule has 1 aromatic heterocycles. The summed E-state index contributed by atoms with van der Waals surface area (Å²) in [5.74, 6) is -1.31. The van der Waals surface area contributed by atoms with Crippen LogP contribution in [0.1, 0.15) is 19.5 Å². The van der Waals surface area contributed by atoms with Gasteiger partial charge in [0.1, 0.15) is 12.2 Å². The van der Waals surface area contributed by atoms with Gasteiger partial charge in [-0.05, 0) is 26.0 Å². The van der Waals surface area contributed by atoms with Crippen LogP contribution in [0.2, 0.25) is 0 Å². The van der Waals surface area contributed by atoms with Gasteiger partial charge in [0, 0.05) is 11.4 Å². The average molecular weight is 276 g/mol. The lowest BCUT2D eigenvalue weighted by Crippen LogP contribution is -2.41. The third kappa shape index (κ3) is 2.96. The molecular formula is C14H16N2O4. The number of hydrogen-bond donors (Lipinski definition) is 1. The highest BCUT2D eigenvalue weighted by Gasteiger charge is 2.22. The number of hydrogen-bond acceptors (Lipinski definition) is 4. The Hall–Kier alpha value is -2.37. The van der Waals surface area contributed by atoms with Crippen LogP contribution >= 0.6 is 0 Å². The van der Waals surface area contributed by atoms with Gasteiger partial charge in [-0.15, -0.1) is 0 Å². The van der Waals surface area contributed by atoms with Crippen molar-refractivity contribution < 1.29 is 19.2 Å². The quantitative estimate of drug-likeness (QED) is 0.898. The number of aliphatic carboxylic acids is 1. The van der Waals surface area contributed by atoms with Gasteiger partial charge in [0.05, 0.1) is 6.42 Å². The maximum atomic E-state index is 12.2. The van der Waals surface area contributed by atoms with Crippen molar-refractivity contribution in [3.8, 4) is 0 Å². The Morgan fingerprint density at radius 2 is 2.05 bits per heavy atom. The van der Waals surface area contributed by atoms with Gasteiger partial charge in [0.15, 0.2) is 5.58 Å². The van der Waals surface area contributed by atoms with Gasteiger partial charge in [-0.1, -0.05) is 17.3 Å². The SMILES string of the molecule is CC(C)N(CC(=O)O)C(=O)Cc1noc2ccccc12. The van der Waals surface area contributed by atoms with Gasteiger partial charge in [-0.2, -0.15) is 0 Å². The van der Waals surface area contributed by atoms with E-state index in [1.54, 1.807) is 19.9 Å². The molecule has 1 amide bonds. The first-order valence-electron chi connectivity index (χ1n) is 6.33. The number of amides is 1. The Kier molecular flexibility index (Phi) is 4.02. The Bertz CT molecular complexity index is 633. The summed E-state index contributed by atoms with van der Waals surface area (Å²) >= 11 is 0. The van der Waals surface area contributed by atoms with Crippen LogP contribution in [0, 0.1) is 0 Å². The molecule has 0 aliphatic rings. The van der Waals surface area contributed by atoms with Crippen molar-refractivity contribution in [2.75, 3.05) is 6.54 Å². The lowest BCUT2D eigenvalue weighted by atomic mass is 10.1. The largest absolute Gasteiger partial charge is 0.480 e. The monoisotopic (exact) mass is 276 g/mol. The summed E-state index contributed by atoms with van der Waals surface area (Å²) in [6.07, 6.45) is 0.0302. The standard InChI is InChI=1S/C14H16N2O4/c1-9(2)16(8-14(18)19)13(17)7-11-10-5-3-4-6-12(10)20-15-11/h3-6,9H,7-8H2,1-2H3,(H,18,19). The number of carboxylic acid groups (broad SMARTS) is 1. The lowest BCUT2D eigenvalue weighted by Gasteiger charge is -2.24. The van der Waals surface area contributed by atoms with E-state index in [2.05, 4.69) is 5.16 Å². The highest BCUT2D eigenvalue weighted by molar-refractivity contribution is 5.88. The number of para-hydroxylation sites is 1. The second-order valence-electron chi connectivity index (χ2n) is 4.81. The van der Waals surface area contributed by atoms with Crippen LogP contribution in [-0.4, -0.2) is 39.6 Å². The van der Waals surface area contributed by atoms with Crippen LogP contribution in [0.4, 0.5) is 0 Å². The van der Waals surface area contributed by atoms with Crippen molar-refractivity contribution in [1.82, 2.24) is 10.1 Å². The van der Waals surface area contributed by atoms with Gasteiger partial charge in [-0.25, -0.2) is 0 Å². The van der Waals surface area contributed by atoms with E-state index in [0.717, 1.165) is 5.39 Å². The van der Waals surface area contributed by atoms with Crippen molar-refractivity contribution in [3.63, 3.8) is 0 Å². The fourth-order valence-electron chi connectivity index (χ4n) is 2.01. The molecule has 0 aliphatic heterocycles. The van der Waals surface area contributed by atoms with Crippen LogP contribution in [-0.2, 0) is 16.0 Å². The Morgan fingerprint density at radius 1 is 1.35 bits per heavy atom. The van der Waals surface area contributed by atoms with Crippen molar-refractivity contribution in [1.29, 1.82) is 0 Å². The maximum absolute atomic E-state index is 12.2. The van der Waals surface area contributed by atoms with Crippen LogP contribution in [0.15, 0.2) is 28.8 Å². The molecule has 6 nitrogen and oxygen atoms in total. The van der Waals surface area contributed by atoms with Crippen LogP contribution in [0.25, 0.3) is 11.0 Å². The zero-order chi connectivity index (χ0) is 14.7. The van der Waals surface area contributed by atoms with E-state index in [1.807, 2.05) is 18.2 Å². The van der Waals surface area contributed by atoms with E-state index >= 15 is 0 Å². The second kappa shape index (κ2) is 5.73. The van der Waals surface area contributed by atoms with Gasteiger partial charge in [-0.3, -0.25) is 9.59 Å². The molecule has 20 heavy (non-hydrogen) atoms. The molecule has 0 spiro atoms. The Labute approximate surface area is 116 Å². The number of carboxylic acids is 1. The van der Waals surface area contributed by atoms with Gasteiger partial charge in [0.2, 0.25) is 5.91 Å². The Morgan fingerprint density at radius 3 is 2.70 bits per heavy atom. The van der Waals surface area contributed by atoms with E-state index in [1.165, 1.54) is 4.90 Å². The minimum atomic E-state index is -1.03. The minimum absolute atomic E-state index is 0.0302. The Balaban J connectivity index is 2.19. The zero-order valence-corrected chi connectivity index (χ0v) is 11.4. The molecule has 0 radical (unpaired) electrons. The molecule has 1 aromatic carbocycles. The van der Waals surface area contributed by atoms with E-state index in [-0.39, 0.29) is 24.9 Å². The molecule has 2 aromatic rings. The lowest BCUT2D eigenvalue weighted by molar-refractivity contribution is -0.145. The third-order valence-corrected chi connectivity index (χ3v) is 3.02. The van der Waals surface area contributed by atoms with Gasteiger partial charge >= 0.3 is 5.97 Å². The van der Waals surface area contributed by atoms with Crippen molar-refractivity contribution in [2.24, 2.45) is 0 Å². The van der Waals surface area contributed by atoms with E-state index < -0.39 is 5.97 Å². The molecular weight excluding hydrogens is 260 g/mol. The first-order valence-corrected chi connectivity index (χ1v) is 6.33. The van der Waals surface area contributed by atoms with Crippen molar-refractivity contribution in [2.45, 2.75) is 26.3 Å². The molecule has 0 unspecified atom stereocenters. The van der Waals surface area contributed by atoms with Gasteiger partial charge < -0.3 is 14.5 Å². The number of rotatable bonds is 5. The summed E-state index contributed by atoms with van der Waals surface area (Å²) in [7, 11) is 0. The molecule has 2 rings (SSSR count). The third-order valence-electron chi connectivity index (χ3n) is 3.02. The normalized spacial score (nSPS) is 10.9. The predicted octanol–water partition coefficient (Wildman–Crippen LogP) is 1.69. The molecule has 0 aliphatic carbocycles. The highest BCUT2D eigenvalue weighted by Crippen LogP contribution is 2.19. The van der Waals surface area contributed by atoms with Crippen molar-refractivity contribution in [3.05, 3.63) is 30.0 Å². The maximum Gasteiger partial charge on any atom is 0.323 e. The fourth-order valence-corrected chi connectivity index (χ4v) is 2.01. The molecule has 6 heteroatoms. The average Bonchev–Trinajstić information content (AvgIpc) is 2.79. The number of benzene rings is 1. The fraction of sp³-hybridized carbons (Fsp3) is 0.357. The highest BCUT2D eigenvalue weighted by atomic mass is 16.5. The van der Waals surface area contributed by atoms with Crippen LogP contribution in [0.5, 0.6) is 0 Å².